The van der Waals surface area contributed by atoms with Crippen LogP contribution in [-0.2, 0) is 4.79 Å². The van der Waals surface area contributed by atoms with E-state index >= 15 is 0 Å². The molecule has 0 aromatic carbocycles. The molecule has 1 amide bonds. The number of carbonyl (C=O) groups excluding carboxylic acids is 1. The molecule has 1 saturated carbocycles. The normalized spacial score (nSPS) is 23.9. The molecule has 1 heterocycles. The lowest BCUT2D eigenvalue weighted by atomic mass is 9.84. The first-order valence-corrected chi connectivity index (χ1v) is 8.43. The third-order valence-corrected chi connectivity index (χ3v) is 5.18. The van der Waals surface area contributed by atoms with Crippen LogP contribution in [0.3, 0.4) is 0 Å². The monoisotopic (exact) mass is 281 g/mol. The zero-order valence-corrected chi connectivity index (χ0v) is 13.0. The van der Waals surface area contributed by atoms with Crippen molar-refractivity contribution >= 4 is 5.91 Å². The molecule has 2 aliphatic rings. The molecule has 1 aliphatic heterocycles. The molecule has 0 radical (unpaired) electrons. The number of nitrogens with zero attached hydrogens (tertiary/aromatic N) is 1. The summed E-state index contributed by atoms with van der Waals surface area (Å²) in [6, 6.07) is 0.365. The summed E-state index contributed by atoms with van der Waals surface area (Å²) in [6.07, 6.45) is 8.99. The highest BCUT2D eigenvalue weighted by Gasteiger charge is 2.40. The molecule has 1 aliphatic carbocycles. The number of hydrogen-bond donors (Lipinski definition) is 2. The average Bonchev–Trinajstić information content (AvgIpc) is 2.97. The van der Waals surface area contributed by atoms with E-state index in [0.29, 0.717) is 12.6 Å². The summed E-state index contributed by atoms with van der Waals surface area (Å²) < 4.78 is 0. The molecule has 0 unspecified atom stereocenters. The number of amides is 1. The van der Waals surface area contributed by atoms with Crippen LogP contribution in [0.5, 0.6) is 0 Å². The molecule has 4 heteroatoms. The van der Waals surface area contributed by atoms with Crippen LogP contribution < -0.4 is 11.1 Å². The molecule has 3 N–H and O–H groups in total. The molecule has 116 valence electrons. The predicted octanol–water partition coefficient (Wildman–Crippen LogP) is 1.89. The summed E-state index contributed by atoms with van der Waals surface area (Å²) >= 11 is 0. The van der Waals surface area contributed by atoms with Gasteiger partial charge in [-0.05, 0) is 38.6 Å². The molecule has 0 atom stereocenters. The van der Waals surface area contributed by atoms with Crippen LogP contribution in [0.4, 0.5) is 0 Å². The number of nitrogens with one attached hydrogen (secondary N) is 1. The van der Waals surface area contributed by atoms with Crippen molar-refractivity contribution in [3.63, 3.8) is 0 Å². The highest BCUT2D eigenvalue weighted by Crippen LogP contribution is 2.37. The Hall–Kier alpha value is -0.610. The van der Waals surface area contributed by atoms with Gasteiger partial charge in [0.15, 0.2) is 0 Å². The van der Waals surface area contributed by atoms with Gasteiger partial charge in [-0.2, -0.15) is 0 Å². The molecule has 20 heavy (non-hydrogen) atoms. The highest BCUT2D eigenvalue weighted by molar-refractivity contribution is 5.83. The van der Waals surface area contributed by atoms with Crippen LogP contribution in [0.1, 0.15) is 58.3 Å². The first-order valence-electron chi connectivity index (χ1n) is 8.43. The molecule has 0 aromatic heterocycles. The zero-order valence-electron chi connectivity index (χ0n) is 13.0. The molecule has 1 saturated heterocycles. The van der Waals surface area contributed by atoms with E-state index < -0.39 is 0 Å². The van der Waals surface area contributed by atoms with Crippen molar-refractivity contribution in [2.24, 2.45) is 11.1 Å². The van der Waals surface area contributed by atoms with Gasteiger partial charge < -0.3 is 16.0 Å². The van der Waals surface area contributed by atoms with Gasteiger partial charge in [-0.1, -0.05) is 26.2 Å². The molecule has 0 aromatic rings. The second kappa shape index (κ2) is 7.41. The average molecular weight is 281 g/mol. The number of likely N-dealkylation sites (tertiary alicyclic amines) is 1. The molecular formula is C16H31N3O. The number of piperidine rings is 1. The smallest absolute Gasteiger partial charge is 0.227 e. The molecule has 2 fully saturated rings. The third kappa shape index (κ3) is 3.73. The van der Waals surface area contributed by atoms with Crippen molar-refractivity contribution in [2.75, 3.05) is 26.2 Å². The molecule has 0 spiro atoms. The maximum atomic E-state index is 12.5. The van der Waals surface area contributed by atoms with E-state index in [1.54, 1.807) is 0 Å². The van der Waals surface area contributed by atoms with Crippen molar-refractivity contribution in [3.8, 4) is 0 Å². The Morgan fingerprint density at radius 2 is 1.95 bits per heavy atom. The van der Waals surface area contributed by atoms with E-state index in [1.165, 1.54) is 19.4 Å². The Bertz CT molecular complexity index is 305. The summed E-state index contributed by atoms with van der Waals surface area (Å²) in [4.78, 5) is 15.0. The number of hydrogen-bond acceptors (Lipinski definition) is 3. The Labute approximate surface area is 123 Å². The van der Waals surface area contributed by atoms with Gasteiger partial charge in [-0.25, -0.2) is 0 Å². The number of unbranched alkanes of at least 4 members (excludes halogenated alkanes) is 1. The lowest BCUT2D eigenvalue weighted by molar-refractivity contribution is -0.131. The van der Waals surface area contributed by atoms with Gasteiger partial charge in [-0.3, -0.25) is 4.79 Å². The molecule has 4 nitrogen and oxygen atoms in total. The van der Waals surface area contributed by atoms with Crippen molar-refractivity contribution < 1.29 is 4.79 Å². The summed E-state index contributed by atoms with van der Waals surface area (Å²) in [6.45, 7) is 6.21. The highest BCUT2D eigenvalue weighted by atomic mass is 16.2. The Morgan fingerprint density at radius 3 is 2.50 bits per heavy atom. The fourth-order valence-corrected chi connectivity index (χ4v) is 3.60. The third-order valence-electron chi connectivity index (χ3n) is 5.18. The topological polar surface area (TPSA) is 58.4 Å². The van der Waals surface area contributed by atoms with Crippen LogP contribution in [0.25, 0.3) is 0 Å². The largest absolute Gasteiger partial charge is 0.353 e. The number of carbonyl (C=O) groups is 1. The maximum Gasteiger partial charge on any atom is 0.227 e. The first kappa shape index (κ1) is 15.8. The van der Waals surface area contributed by atoms with Crippen LogP contribution in [0, 0.1) is 5.41 Å². The van der Waals surface area contributed by atoms with Crippen LogP contribution in [0.2, 0.25) is 0 Å². The van der Waals surface area contributed by atoms with Gasteiger partial charge in [0.1, 0.15) is 0 Å². The maximum absolute atomic E-state index is 12.5. The van der Waals surface area contributed by atoms with E-state index in [9.17, 15) is 4.79 Å². The van der Waals surface area contributed by atoms with Crippen LogP contribution in [-0.4, -0.2) is 43.0 Å². The summed E-state index contributed by atoms with van der Waals surface area (Å²) in [7, 11) is 0. The SMILES string of the molecule is CCCCN1CCC(NC(=O)C2(CN)CCCC2)CC1. The van der Waals surface area contributed by atoms with Gasteiger partial charge in [0.25, 0.3) is 0 Å². The standard InChI is InChI=1S/C16H31N3O/c1-2-3-10-19-11-6-14(7-12-19)18-15(20)16(13-17)8-4-5-9-16/h14H,2-13,17H2,1H3,(H,18,20). The zero-order chi connectivity index (χ0) is 14.4. The Kier molecular flexibility index (Phi) is 5.85. The Morgan fingerprint density at radius 1 is 1.30 bits per heavy atom. The first-order chi connectivity index (χ1) is 9.70. The van der Waals surface area contributed by atoms with Crippen molar-refractivity contribution in [2.45, 2.75) is 64.3 Å². The van der Waals surface area contributed by atoms with E-state index in [4.69, 9.17) is 5.73 Å². The molecule has 2 rings (SSSR count). The van der Waals surface area contributed by atoms with Gasteiger partial charge in [0.05, 0.1) is 5.41 Å². The van der Waals surface area contributed by atoms with Crippen molar-refractivity contribution in [1.82, 2.24) is 10.2 Å². The van der Waals surface area contributed by atoms with Crippen molar-refractivity contribution in [3.05, 3.63) is 0 Å². The summed E-state index contributed by atoms with van der Waals surface area (Å²) in [5, 5.41) is 3.28. The lowest BCUT2D eigenvalue weighted by Crippen LogP contribution is -2.51. The van der Waals surface area contributed by atoms with E-state index in [1.807, 2.05) is 0 Å². The van der Waals surface area contributed by atoms with Crippen molar-refractivity contribution in [1.29, 1.82) is 0 Å². The van der Waals surface area contributed by atoms with E-state index in [0.717, 1.165) is 51.6 Å². The lowest BCUT2D eigenvalue weighted by Gasteiger charge is -2.35. The van der Waals surface area contributed by atoms with Crippen LogP contribution in [0.15, 0.2) is 0 Å². The van der Waals surface area contributed by atoms with Gasteiger partial charge in [0, 0.05) is 25.7 Å². The fraction of sp³-hybridized carbons (Fsp3) is 0.938. The van der Waals surface area contributed by atoms with Gasteiger partial charge >= 0.3 is 0 Å². The summed E-state index contributed by atoms with van der Waals surface area (Å²) in [5.41, 5.74) is 5.63. The van der Waals surface area contributed by atoms with E-state index in [-0.39, 0.29) is 11.3 Å². The minimum atomic E-state index is -0.251. The number of rotatable bonds is 6. The minimum absolute atomic E-state index is 0.226. The van der Waals surface area contributed by atoms with E-state index in [2.05, 4.69) is 17.1 Å². The van der Waals surface area contributed by atoms with Crippen LogP contribution >= 0.6 is 0 Å². The molecule has 0 bridgehead atoms. The second-order valence-corrected chi connectivity index (χ2v) is 6.63. The second-order valence-electron chi connectivity index (χ2n) is 6.63. The fourth-order valence-electron chi connectivity index (χ4n) is 3.60. The summed E-state index contributed by atoms with van der Waals surface area (Å²) in [5.74, 6) is 0.226. The number of nitrogens with two attached hydrogens (primary N) is 1. The quantitative estimate of drug-likeness (QED) is 0.781. The molecular weight excluding hydrogens is 250 g/mol. The Balaban J connectivity index is 1.76. The predicted molar refractivity (Wildman–Crippen MR) is 82.5 cm³/mol. The van der Waals surface area contributed by atoms with Gasteiger partial charge in [0.2, 0.25) is 5.91 Å². The minimum Gasteiger partial charge on any atom is -0.353 e. The van der Waals surface area contributed by atoms with Gasteiger partial charge in [-0.15, -0.1) is 0 Å².